The van der Waals surface area contributed by atoms with Crippen molar-refractivity contribution in [2.24, 2.45) is 5.73 Å². The fourth-order valence-electron chi connectivity index (χ4n) is 1.10. The standard InChI is InChI=1S/C9H13BrN2O2/c1-6(4-9(11)13)12-5-7-2-3-8(10)14-7/h2-3,6,12H,4-5H2,1H3,(H2,11,13). The minimum absolute atomic E-state index is 0.0661. The molecule has 14 heavy (non-hydrogen) atoms. The van der Waals surface area contributed by atoms with Gasteiger partial charge in [0.2, 0.25) is 5.91 Å². The summed E-state index contributed by atoms with van der Waals surface area (Å²) in [5.74, 6) is 0.527. The number of hydrogen-bond acceptors (Lipinski definition) is 3. The van der Waals surface area contributed by atoms with Crippen molar-refractivity contribution in [3.8, 4) is 0 Å². The van der Waals surface area contributed by atoms with Gasteiger partial charge in [-0.2, -0.15) is 0 Å². The normalized spacial score (nSPS) is 12.7. The SMILES string of the molecule is CC(CC(N)=O)NCc1ccc(Br)o1. The average molecular weight is 261 g/mol. The van der Waals surface area contributed by atoms with Crippen LogP contribution in [0.15, 0.2) is 21.2 Å². The number of hydrogen-bond donors (Lipinski definition) is 2. The van der Waals surface area contributed by atoms with Crippen molar-refractivity contribution in [1.29, 1.82) is 0 Å². The number of carbonyl (C=O) groups is 1. The molecular weight excluding hydrogens is 248 g/mol. The highest BCUT2D eigenvalue weighted by molar-refractivity contribution is 9.10. The Labute approximate surface area is 91.0 Å². The Morgan fingerprint density at radius 1 is 1.71 bits per heavy atom. The van der Waals surface area contributed by atoms with Crippen LogP contribution in [0.4, 0.5) is 0 Å². The molecule has 0 fully saturated rings. The topological polar surface area (TPSA) is 68.3 Å². The molecule has 0 aliphatic heterocycles. The van der Waals surface area contributed by atoms with Crippen LogP contribution in [0.5, 0.6) is 0 Å². The van der Waals surface area contributed by atoms with Gasteiger partial charge in [0, 0.05) is 12.5 Å². The maximum Gasteiger partial charge on any atom is 0.218 e. The van der Waals surface area contributed by atoms with Gasteiger partial charge in [-0.15, -0.1) is 0 Å². The number of amides is 1. The maximum atomic E-state index is 10.6. The lowest BCUT2D eigenvalue weighted by atomic mass is 10.2. The van der Waals surface area contributed by atoms with E-state index in [1.54, 1.807) is 0 Å². The summed E-state index contributed by atoms with van der Waals surface area (Å²) >= 11 is 3.21. The van der Waals surface area contributed by atoms with Crippen LogP contribution in [0.2, 0.25) is 0 Å². The van der Waals surface area contributed by atoms with Crippen LogP contribution < -0.4 is 11.1 Å². The summed E-state index contributed by atoms with van der Waals surface area (Å²) < 4.78 is 5.98. The second-order valence-corrected chi connectivity index (χ2v) is 3.94. The van der Waals surface area contributed by atoms with Crippen molar-refractivity contribution in [1.82, 2.24) is 5.32 Å². The minimum Gasteiger partial charge on any atom is -0.453 e. The van der Waals surface area contributed by atoms with E-state index in [1.165, 1.54) is 0 Å². The molecule has 0 saturated heterocycles. The number of carbonyl (C=O) groups excluding carboxylic acids is 1. The molecule has 5 heteroatoms. The van der Waals surface area contributed by atoms with Crippen LogP contribution >= 0.6 is 15.9 Å². The van der Waals surface area contributed by atoms with Crippen LogP contribution in [0.25, 0.3) is 0 Å². The summed E-state index contributed by atoms with van der Waals surface area (Å²) in [6.07, 6.45) is 0.335. The zero-order chi connectivity index (χ0) is 10.6. The lowest BCUT2D eigenvalue weighted by molar-refractivity contribution is -0.118. The first-order valence-corrected chi connectivity index (χ1v) is 5.13. The molecule has 0 bridgehead atoms. The third kappa shape index (κ3) is 3.93. The maximum absolute atomic E-state index is 10.6. The molecule has 1 heterocycles. The Balaban J connectivity index is 2.30. The predicted octanol–water partition coefficient (Wildman–Crippen LogP) is 1.40. The largest absolute Gasteiger partial charge is 0.453 e. The molecular formula is C9H13BrN2O2. The molecule has 1 rings (SSSR count). The van der Waals surface area contributed by atoms with Gasteiger partial charge in [-0.1, -0.05) is 0 Å². The van der Waals surface area contributed by atoms with Crippen LogP contribution in [-0.4, -0.2) is 11.9 Å². The van der Waals surface area contributed by atoms with Crippen molar-refractivity contribution >= 4 is 21.8 Å². The number of primary amides is 1. The van der Waals surface area contributed by atoms with E-state index in [2.05, 4.69) is 21.2 Å². The monoisotopic (exact) mass is 260 g/mol. The number of rotatable bonds is 5. The van der Waals surface area contributed by atoms with Gasteiger partial charge in [-0.05, 0) is 35.0 Å². The fraction of sp³-hybridized carbons (Fsp3) is 0.444. The summed E-state index contributed by atoms with van der Waals surface area (Å²) in [5, 5.41) is 3.13. The van der Waals surface area contributed by atoms with Crippen molar-refractivity contribution in [3.05, 3.63) is 22.6 Å². The van der Waals surface area contributed by atoms with E-state index in [0.29, 0.717) is 17.6 Å². The Morgan fingerprint density at radius 2 is 2.43 bits per heavy atom. The van der Waals surface area contributed by atoms with Gasteiger partial charge in [0.15, 0.2) is 4.67 Å². The molecule has 3 N–H and O–H groups in total. The number of halogens is 1. The Kier molecular flexibility index (Phi) is 4.16. The second-order valence-electron chi connectivity index (χ2n) is 3.16. The molecule has 0 saturated carbocycles. The highest BCUT2D eigenvalue weighted by Gasteiger charge is 2.06. The van der Waals surface area contributed by atoms with E-state index >= 15 is 0 Å². The molecule has 0 aliphatic rings. The van der Waals surface area contributed by atoms with E-state index in [4.69, 9.17) is 10.2 Å². The van der Waals surface area contributed by atoms with Crippen LogP contribution in [0.1, 0.15) is 19.1 Å². The van der Waals surface area contributed by atoms with Gasteiger partial charge < -0.3 is 15.5 Å². The van der Waals surface area contributed by atoms with Gasteiger partial charge in [0.1, 0.15) is 5.76 Å². The zero-order valence-corrected chi connectivity index (χ0v) is 9.50. The molecule has 1 aromatic rings. The smallest absolute Gasteiger partial charge is 0.218 e. The molecule has 0 radical (unpaired) electrons. The zero-order valence-electron chi connectivity index (χ0n) is 7.92. The lowest BCUT2D eigenvalue weighted by Crippen LogP contribution is -2.30. The summed E-state index contributed by atoms with van der Waals surface area (Å²) in [4.78, 5) is 10.6. The Morgan fingerprint density at radius 3 is 2.93 bits per heavy atom. The van der Waals surface area contributed by atoms with Crippen molar-refractivity contribution in [2.75, 3.05) is 0 Å². The molecule has 78 valence electrons. The Hall–Kier alpha value is -0.810. The quantitative estimate of drug-likeness (QED) is 0.841. The predicted molar refractivity (Wildman–Crippen MR) is 56.5 cm³/mol. The average Bonchev–Trinajstić information content (AvgIpc) is 2.47. The molecule has 1 aromatic heterocycles. The second kappa shape index (κ2) is 5.17. The molecule has 0 aromatic carbocycles. The molecule has 1 atom stereocenters. The highest BCUT2D eigenvalue weighted by Crippen LogP contribution is 2.13. The molecule has 0 spiro atoms. The highest BCUT2D eigenvalue weighted by atomic mass is 79.9. The number of nitrogens with two attached hydrogens (primary N) is 1. The molecule has 1 amide bonds. The van der Waals surface area contributed by atoms with E-state index in [0.717, 1.165) is 5.76 Å². The summed E-state index contributed by atoms with van der Waals surface area (Å²) in [5.41, 5.74) is 5.06. The summed E-state index contributed by atoms with van der Waals surface area (Å²) in [7, 11) is 0. The first-order valence-electron chi connectivity index (χ1n) is 4.34. The van der Waals surface area contributed by atoms with Gasteiger partial charge in [-0.25, -0.2) is 0 Å². The van der Waals surface area contributed by atoms with Crippen molar-refractivity contribution in [2.45, 2.75) is 25.9 Å². The number of nitrogens with one attached hydrogen (secondary N) is 1. The van der Waals surface area contributed by atoms with Crippen molar-refractivity contribution < 1.29 is 9.21 Å². The lowest BCUT2D eigenvalue weighted by Gasteiger charge is -2.09. The van der Waals surface area contributed by atoms with E-state index in [9.17, 15) is 4.79 Å². The third-order valence-corrected chi connectivity index (χ3v) is 2.19. The fourth-order valence-corrected chi connectivity index (χ4v) is 1.44. The van der Waals surface area contributed by atoms with E-state index in [-0.39, 0.29) is 11.9 Å². The van der Waals surface area contributed by atoms with Crippen LogP contribution in [-0.2, 0) is 11.3 Å². The van der Waals surface area contributed by atoms with E-state index < -0.39 is 0 Å². The van der Waals surface area contributed by atoms with Gasteiger partial charge in [-0.3, -0.25) is 4.79 Å². The van der Waals surface area contributed by atoms with Crippen molar-refractivity contribution in [3.63, 3.8) is 0 Å². The number of furan rings is 1. The first kappa shape index (κ1) is 11.3. The molecule has 4 nitrogen and oxygen atoms in total. The third-order valence-electron chi connectivity index (χ3n) is 1.76. The van der Waals surface area contributed by atoms with Crippen LogP contribution in [0, 0.1) is 0 Å². The van der Waals surface area contributed by atoms with Gasteiger partial charge in [0.05, 0.1) is 6.54 Å². The van der Waals surface area contributed by atoms with Gasteiger partial charge in [0.25, 0.3) is 0 Å². The molecule has 0 aliphatic carbocycles. The summed E-state index contributed by atoms with van der Waals surface area (Å²) in [6.45, 7) is 2.50. The first-order chi connectivity index (χ1) is 6.58. The van der Waals surface area contributed by atoms with E-state index in [1.807, 2.05) is 19.1 Å². The van der Waals surface area contributed by atoms with Gasteiger partial charge >= 0.3 is 0 Å². The minimum atomic E-state index is -0.300. The summed E-state index contributed by atoms with van der Waals surface area (Å²) in [6, 6.07) is 3.76. The molecule has 1 unspecified atom stereocenters. The van der Waals surface area contributed by atoms with Crippen LogP contribution in [0.3, 0.4) is 0 Å². The Bertz CT molecular complexity index is 312.